The van der Waals surface area contributed by atoms with Gasteiger partial charge in [-0.05, 0) is 12.1 Å². The lowest BCUT2D eigenvalue weighted by atomic mass is 10.2. The lowest BCUT2D eigenvalue weighted by Gasteiger charge is -2.11. The van der Waals surface area contributed by atoms with Crippen molar-refractivity contribution in [2.24, 2.45) is 0 Å². The van der Waals surface area contributed by atoms with Crippen molar-refractivity contribution >= 4 is 23.4 Å². The van der Waals surface area contributed by atoms with Gasteiger partial charge >= 0.3 is 0 Å². The highest BCUT2D eigenvalue weighted by atomic mass is 32.2. The van der Waals surface area contributed by atoms with Crippen molar-refractivity contribution in [3.63, 3.8) is 0 Å². The highest BCUT2D eigenvalue weighted by Crippen LogP contribution is 2.22. The van der Waals surface area contributed by atoms with E-state index in [9.17, 15) is 9.18 Å². The van der Waals surface area contributed by atoms with Crippen molar-refractivity contribution in [1.82, 2.24) is 14.8 Å². The number of nitrogens with one attached hydrogen (secondary N) is 1. The van der Waals surface area contributed by atoms with E-state index in [4.69, 9.17) is 4.74 Å². The number of anilines is 1. The van der Waals surface area contributed by atoms with Gasteiger partial charge in [0.25, 0.3) is 0 Å². The third-order valence-corrected chi connectivity index (χ3v) is 4.23. The van der Waals surface area contributed by atoms with Gasteiger partial charge in [-0.1, -0.05) is 37.7 Å². The van der Waals surface area contributed by atoms with Gasteiger partial charge in [-0.25, -0.2) is 4.39 Å². The standard InChI is InChI=1S/C16H21FN4O2S/c1-11(2)15-19-20-16(21(15)8-9-23-3)24-10-14(22)18-13-7-5-4-6-12(13)17/h4-7,11H,8-10H2,1-3H3,(H,18,22). The molecule has 130 valence electrons. The van der Waals surface area contributed by atoms with E-state index in [1.165, 1.54) is 23.9 Å². The third-order valence-electron chi connectivity index (χ3n) is 3.26. The summed E-state index contributed by atoms with van der Waals surface area (Å²) in [6.45, 7) is 5.22. The molecule has 0 aliphatic rings. The van der Waals surface area contributed by atoms with E-state index in [1.807, 2.05) is 18.4 Å². The van der Waals surface area contributed by atoms with E-state index in [2.05, 4.69) is 15.5 Å². The van der Waals surface area contributed by atoms with Gasteiger partial charge in [0.2, 0.25) is 5.91 Å². The molecule has 1 aromatic carbocycles. The summed E-state index contributed by atoms with van der Waals surface area (Å²) < 4.78 is 20.6. The van der Waals surface area contributed by atoms with Gasteiger partial charge in [0.05, 0.1) is 18.0 Å². The Hall–Kier alpha value is -1.93. The van der Waals surface area contributed by atoms with Crippen LogP contribution in [0.3, 0.4) is 0 Å². The molecular weight excluding hydrogens is 331 g/mol. The average molecular weight is 352 g/mol. The molecule has 0 saturated carbocycles. The average Bonchev–Trinajstić information content (AvgIpc) is 2.96. The molecule has 0 radical (unpaired) electrons. The van der Waals surface area contributed by atoms with Gasteiger partial charge in [0.1, 0.15) is 11.6 Å². The number of para-hydroxylation sites is 1. The van der Waals surface area contributed by atoms with Crippen molar-refractivity contribution in [2.75, 3.05) is 24.8 Å². The van der Waals surface area contributed by atoms with E-state index in [0.29, 0.717) is 18.3 Å². The fourth-order valence-corrected chi connectivity index (χ4v) is 2.88. The first-order valence-electron chi connectivity index (χ1n) is 7.62. The van der Waals surface area contributed by atoms with Crippen LogP contribution in [-0.2, 0) is 16.1 Å². The minimum atomic E-state index is -0.457. The molecule has 2 rings (SSSR count). The molecule has 0 bridgehead atoms. The van der Waals surface area contributed by atoms with E-state index in [-0.39, 0.29) is 23.3 Å². The van der Waals surface area contributed by atoms with Crippen LogP contribution in [0.4, 0.5) is 10.1 Å². The van der Waals surface area contributed by atoms with Crippen LogP contribution in [0.2, 0.25) is 0 Å². The predicted octanol–water partition coefficient (Wildman–Crippen LogP) is 2.92. The van der Waals surface area contributed by atoms with Gasteiger partial charge in [-0.15, -0.1) is 10.2 Å². The molecule has 1 amide bonds. The Balaban J connectivity index is 2.00. The normalized spacial score (nSPS) is 11.0. The number of nitrogens with zero attached hydrogens (tertiary/aromatic N) is 3. The number of carbonyl (C=O) groups is 1. The number of rotatable bonds is 8. The highest BCUT2D eigenvalue weighted by molar-refractivity contribution is 7.99. The number of hydrogen-bond acceptors (Lipinski definition) is 5. The third kappa shape index (κ3) is 4.78. The van der Waals surface area contributed by atoms with Crippen LogP contribution in [-0.4, -0.2) is 40.1 Å². The van der Waals surface area contributed by atoms with E-state index >= 15 is 0 Å². The fraction of sp³-hybridized carbons (Fsp3) is 0.438. The van der Waals surface area contributed by atoms with Crippen LogP contribution in [0.15, 0.2) is 29.4 Å². The topological polar surface area (TPSA) is 69.0 Å². The molecule has 0 atom stereocenters. The maximum absolute atomic E-state index is 13.5. The quantitative estimate of drug-likeness (QED) is 0.740. The zero-order chi connectivity index (χ0) is 17.5. The molecule has 1 heterocycles. The van der Waals surface area contributed by atoms with Crippen molar-refractivity contribution in [3.8, 4) is 0 Å². The molecule has 24 heavy (non-hydrogen) atoms. The van der Waals surface area contributed by atoms with Crippen LogP contribution < -0.4 is 5.32 Å². The molecule has 1 N–H and O–H groups in total. The van der Waals surface area contributed by atoms with Gasteiger partial charge < -0.3 is 14.6 Å². The number of hydrogen-bond donors (Lipinski definition) is 1. The summed E-state index contributed by atoms with van der Waals surface area (Å²) in [5, 5.41) is 11.6. The Kier molecular flexibility index (Phi) is 6.74. The maximum Gasteiger partial charge on any atom is 0.234 e. The van der Waals surface area contributed by atoms with Crippen LogP contribution in [0.5, 0.6) is 0 Å². The molecule has 1 aromatic heterocycles. The molecule has 0 unspecified atom stereocenters. The lowest BCUT2D eigenvalue weighted by Crippen LogP contribution is -2.16. The summed E-state index contributed by atoms with van der Waals surface area (Å²) in [6.07, 6.45) is 0. The second-order valence-corrected chi connectivity index (χ2v) is 6.40. The highest BCUT2D eigenvalue weighted by Gasteiger charge is 2.16. The lowest BCUT2D eigenvalue weighted by molar-refractivity contribution is -0.113. The molecular formula is C16H21FN4O2S. The molecule has 8 heteroatoms. The summed E-state index contributed by atoms with van der Waals surface area (Å²) in [7, 11) is 1.63. The number of methoxy groups -OCH3 is 1. The van der Waals surface area contributed by atoms with Crippen LogP contribution >= 0.6 is 11.8 Å². The summed E-state index contributed by atoms with van der Waals surface area (Å²) in [5.41, 5.74) is 0.173. The first-order chi connectivity index (χ1) is 11.5. The second kappa shape index (κ2) is 8.79. The molecule has 0 spiro atoms. The summed E-state index contributed by atoms with van der Waals surface area (Å²) in [5.74, 6) is 0.441. The van der Waals surface area contributed by atoms with Gasteiger partial charge in [0.15, 0.2) is 5.16 Å². The van der Waals surface area contributed by atoms with E-state index in [0.717, 1.165) is 5.82 Å². The van der Waals surface area contributed by atoms with Crippen molar-refractivity contribution in [1.29, 1.82) is 0 Å². The Labute approximate surface area is 144 Å². The van der Waals surface area contributed by atoms with Crippen LogP contribution in [0, 0.1) is 5.82 Å². The minimum Gasteiger partial charge on any atom is -0.383 e. The molecule has 0 aliphatic carbocycles. The van der Waals surface area contributed by atoms with E-state index in [1.54, 1.807) is 19.2 Å². The molecule has 0 saturated heterocycles. The van der Waals surface area contributed by atoms with Crippen molar-refractivity contribution < 1.29 is 13.9 Å². The molecule has 6 nitrogen and oxygen atoms in total. The van der Waals surface area contributed by atoms with Crippen LogP contribution in [0.1, 0.15) is 25.6 Å². The Morgan fingerprint density at radius 1 is 1.38 bits per heavy atom. The fourth-order valence-electron chi connectivity index (χ4n) is 2.11. The second-order valence-electron chi connectivity index (χ2n) is 5.46. The predicted molar refractivity (Wildman–Crippen MR) is 91.7 cm³/mol. The number of ether oxygens (including phenoxy) is 1. The first kappa shape index (κ1) is 18.4. The number of aromatic nitrogens is 3. The number of benzene rings is 1. The summed E-state index contributed by atoms with van der Waals surface area (Å²) >= 11 is 1.27. The smallest absolute Gasteiger partial charge is 0.234 e. The Bertz CT molecular complexity index is 690. The van der Waals surface area contributed by atoms with Gasteiger partial charge in [-0.2, -0.15) is 0 Å². The Morgan fingerprint density at radius 3 is 2.79 bits per heavy atom. The largest absolute Gasteiger partial charge is 0.383 e. The SMILES string of the molecule is COCCn1c(SCC(=O)Nc2ccccc2F)nnc1C(C)C. The number of amides is 1. The summed E-state index contributed by atoms with van der Waals surface area (Å²) in [6, 6.07) is 6.07. The minimum absolute atomic E-state index is 0.123. The Morgan fingerprint density at radius 2 is 2.12 bits per heavy atom. The first-order valence-corrected chi connectivity index (χ1v) is 8.60. The molecule has 0 aliphatic heterocycles. The monoisotopic (exact) mass is 352 g/mol. The maximum atomic E-state index is 13.5. The van der Waals surface area contributed by atoms with Gasteiger partial charge in [0, 0.05) is 19.6 Å². The zero-order valence-corrected chi connectivity index (χ0v) is 14.8. The van der Waals surface area contributed by atoms with Crippen LogP contribution in [0.25, 0.3) is 0 Å². The van der Waals surface area contributed by atoms with Gasteiger partial charge in [-0.3, -0.25) is 4.79 Å². The number of halogens is 1. The van der Waals surface area contributed by atoms with E-state index < -0.39 is 5.82 Å². The molecule has 0 fully saturated rings. The van der Waals surface area contributed by atoms with Crippen molar-refractivity contribution in [2.45, 2.75) is 31.5 Å². The zero-order valence-electron chi connectivity index (χ0n) is 14.0. The number of thioether (sulfide) groups is 1. The molecule has 2 aromatic rings. The summed E-state index contributed by atoms with van der Waals surface area (Å²) in [4.78, 5) is 12.0. The number of carbonyl (C=O) groups excluding carboxylic acids is 1. The van der Waals surface area contributed by atoms with Crippen molar-refractivity contribution in [3.05, 3.63) is 35.9 Å².